The van der Waals surface area contributed by atoms with Crippen molar-refractivity contribution in [3.05, 3.63) is 33.8 Å². The molecule has 0 N–H and O–H groups in total. The largest absolute Gasteiger partial charge is 0.403 e. The van der Waals surface area contributed by atoms with Gasteiger partial charge in [0.25, 0.3) is 0 Å². The summed E-state index contributed by atoms with van der Waals surface area (Å²) in [6.07, 6.45) is 0. The minimum Gasteiger partial charge on any atom is -0.403 e. The molecule has 1 atom stereocenters. The number of benzene rings is 1. The Labute approximate surface area is 119 Å². The Kier molecular flexibility index (Phi) is 4.45. The lowest BCUT2D eigenvalue weighted by molar-refractivity contribution is 0.0736. The zero-order valence-electron chi connectivity index (χ0n) is 10.3. The number of rotatable bonds is 4. The smallest absolute Gasteiger partial charge is 0.345 e. The highest BCUT2D eigenvalue weighted by Crippen LogP contribution is 2.28. The van der Waals surface area contributed by atoms with E-state index >= 15 is 0 Å². The first-order valence-corrected chi connectivity index (χ1v) is 7.74. The molecule has 18 heavy (non-hydrogen) atoms. The van der Waals surface area contributed by atoms with E-state index in [4.69, 9.17) is 4.74 Å². The lowest BCUT2D eigenvalue weighted by Gasteiger charge is -2.06. The highest BCUT2D eigenvalue weighted by molar-refractivity contribution is 9.10. The third kappa shape index (κ3) is 2.78. The number of fused-ring (bicyclic) bond motifs is 1. The van der Waals surface area contributed by atoms with Gasteiger partial charge in [-0.2, -0.15) is 11.8 Å². The Bertz CT molecular complexity index is 502. The molecule has 1 aromatic carbocycles. The van der Waals surface area contributed by atoms with Crippen LogP contribution in [0.4, 0.5) is 0 Å². The number of thioether (sulfide) groups is 1. The summed E-state index contributed by atoms with van der Waals surface area (Å²) in [6, 6.07) is 5.61. The van der Waals surface area contributed by atoms with E-state index in [9.17, 15) is 4.79 Å². The Morgan fingerprint density at radius 2 is 2.28 bits per heavy atom. The number of ether oxygens (including phenoxy) is 1. The molecule has 1 aliphatic rings. The van der Waals surface area contributed by atoms with Crippen molar-refractivity contribution in [3.63, 3.8) is 0 Å². The van der Waals surface area contributed by atoms with E-state index in [-0.39, 0.29) is 12.0 Å². The van der Waals surface area contributed by atoms with Gasteiger partial charge in [0.05, 0.1) is 17.2 Å². The maximum absolute atomic E-state index is 11.7. The van der Waals surface area contributed by atoms with Crippen molar-refractivity contribution >= 4 is 39.6 Å². The number of aliphatic imine (C=N–C) groups is 1. The van der Waals surface area contributed by atoms with Gasteiger partial charge < -0.3 is 4.74 Å². The first-order valence-electron chi connectivity index (χ1n) is 5.80. The van der Waals surface area contributed by atoms with Crippen LogP contribution >= 0.6 is 27.7 Å². The van der Waals surface area contributed by atoms with Crippen molar-refractivity contribution in [2.75, 3.05) is 11.5 Å². The number of nitrogens with zero attached hydrogens (tertiary/aromatic N) is 1. The maximum atomic E-state index is 11.7. The van der Waals surface area contributed by atoms with Gasteiger partial charge in [0.2, 0.25) is 5.90 Å². The minimum atomic E-state index is -0.319. The molecular formula is C13H14BrNO2S. The molecule has 2 rings (SSSR count). The van der Waals surface area contributed by atoms with Crippen molar-refractivity contribution < 1.29 is 9.53 Å². The van der Waals surface area contributed by atoms with Crippen molar-refractivity contribution in [2.24, 2.45) is 4.99 Å². The zero-order chi connectivity index (χ0) is 13.1. The molecule has 1 aliphatic heterocycles. The van der Waals surface area contributed by atoms with E-state index in [2.05, 4.69) is 27.8 Å². The second-order valence-corrected chi connectivity index (χ2v) is 6.17. The van der Waals surface area contributed by atoms with Gasteiger partial charge in [-0.05, 0) is 40.7 Å². The van der Waals surface area contributed by atoms with Gasteiger partial charge in [-0.1, -0.05) is 13.0 Å². The highest BCUT2D eigenvalue weighted by Gasteiger charge is 2.30. The molecule has 1 heterocycles. The van der Waals surface area contributed by atoms with Gasteiger partial charge in [0, 0.05) is 10.2 Å². The number of hydrogen-bond acceptors (Lipinski definition) is 4. The van der Waals surface area contributed by atoms with Crippen LogP contribution in [0.1, 0.15) is 29.8 Å². The monoisotopic (exact) mass is 327 g/mol. The molecule has 0 radical (unpaired) electrons. The summed E-state index contributed by atoms with van der Waals surface area (Å²) in [7, 11) is 0. The molecule has 3 nitrogen and oxygen atoms in total. The standard InChI is InChI=1S/C13H14BrNO2S/c1-3-18-7-8(2)15-12-11-9(13(16)17-12)5-4-6-10(11)14/h4-6,8H,3,7H2,1-2H3/b15-12-/t8-/m0/s1. The van der Waals surface area contributed by atoms with Crippen LogP contribution in [0.25, 0.3) is 0 Å². The summed E-state index contributed by atoms with van der Waals surface area (Å²) in [4.78, 5) is 16.2. The molecule has 0 aliphatic carbocycles. The molecule has 0 fully saturated rings. The third-order valence-corrected chi connectivity index (χ3v) is 4.32. The van der Waals surface area contributed by atoms with Crippen LogP contribution in [-0.2, 0) is 4.74 Å². The van der Waals surface area contributed by atoms with Gasteiger partial charge in [-0.3, -0.25) is 0 Å². The second-order valence-electron chi connectivity index (χ2n) is 3.99. The maximum Gasteiger partial charge on any atom is 0.345 e. The molecule has 96 valence electrons. The van der Waals surface area contributed by atoms with E-state index in [0.717, 1.165) is 21.5 Å². The van der Waals surface area contributed by atoms with Gasteiger partial charge >= 0.3 is 5.97 Å². The van der Waals surface area contributed by atoms with Crippen LogP contribution in [0.15, 0.2) is 27.7 Å². The topological polar surface area (TPSA) is 38.7 Å². The fourth-order valence-electron chi connectivity index (χ4n) is 1.72. The molecule has 5 heteroatoms. The van der Waals surface area contributed by atoms with Crippen LogP contribution in [0.2, 0.25) is 0 Å². The lowest BCUT2D eigenvalue weighted by atomic mass is 10.1. The number of carbonyl (C=O) groups excluding carboxylic acids is 1. The Morgan fingerprint density at radius 3 is 3.00 bits per heavy atom. The molecule has 0 bridgehead atoms. The molecule has 0 unspecified atom stereocenters. The average molecular weight is 328 g/mol. The number of cyclic esters (lactones) is 1. The van der Waals surface area contributed by atoms with Gasteiger partial charge in [0.15, 0.2) is 0 Å². The summed E-state index contributed by atoms with van der Waals surface area (Å²) in [5, 5.41) is 0. The van der Waals surface area contributed by atoms with E-state index < -0.39 is 0 Å². The predicted molar refractivity (Wildman–Crippen MR) is 78.6 cm³/mol. The fraction of sp³-hybridized carbons (Fsp3) is 0.385. The van der Waals surface area contributed by atoms with E-state index in [1.807, 2.05) is 30.8 Å². The quantitative estimate of drug-likeness (QED) is 0.794. The summed E-state index contributed by atoms with van der Waals surface area (Å²) >= 11 is 5.27. The van der Waals surface area contributed by atoms with Crippen molar-refractivity contribution in [2.45, 2.75) is 19.9 Å². The second kappa shape index (κ2) is 5.89. The SMILES string of the molecule is CCSC[C@H](C)/N=C1\OC(=O)c2cccc(Br)c21. The van der Waals surface area contributed by atoms with Crippen molar-refractivity contribution in [1.82, 2.24) is 0 Å². The van der Waals surface area contributed by atoms with Crippen LogP contribution in [0, 0.1) is 0 Å². The normalized spacial score (nSPS) is 17.7. The average Bonchev–Trinajstić information content (AvgIpc) is 2.65. The summed E-state index contributed by atoms with van der Waals surface area (Å²) in [5.41, 5.74) is 1.36. The zero-order valence-corrected chi connectivity index (χ0v) is 12.7. The Balaban J connectivity index is 2.28. The first kappa shape index (κ1) is 13.6. The van der Waals surface area contributed by atoms with E-state index in [0.29, 0.717) is 11.5 Å². The lowest BCUT2D eigenvalue weighted by Crippen LogP contribution is -2.09. The summed E-state index contributed by atoms with van der Waals surface area (Å²) in [5.74, 6) is 2.11. The third-order valence-electron chi connectivity index (χ3n) is 2.54. The number of esters is 1. The number of hydrogen-bond donors (Lipinski definition) is 0. The van der Waals surface area contributed by atoms with Crippen LogP contribution in [0.3, 0.4) is 0 Å². The van der Waals surface area contributed by atoms with Crippen molar-refractivity contribution in [1.29, 1.82) is 0 Å². The van der Waals surface area contributed by atoms with E-state index in [1.165, 1.54) is 0 Å². The number of halogens is 1. The summed E-state index contributed by atoms with van der Waals surface area (Å²) < 4.78 is 6.08. The Hall–Kier alpha value is -0.810. The van der Waals surface area contributed by atoms with E-state index in [1.54, 1.807) is 6.07 Å². The molecule has 0 spiro atoms. The molecule has 1 aromatic rings. The van der Waals surface area contributed by atoms with Gasteiger partial charge in [-0.15, -0.1) is 0 Å². The minimum absolute atomic E-state index is 0.135. The van der Waals surface area contributed by atoms with Gasteiger partial charge in [-0.25, -0.2) is 9.79 Å². The van der Waals surface area contributed by atoms with Crippen LogP contribution < -0.4 is 0 Å². The molecular weight excluding hydrogens is 314 g/mol. The summed E-state index contributed by atoms with van der Waals surface area (Å²) in [6.45, 7) is 4.14. The molecule has 0 amide bonds. The molecule has 0 saturated carbocycles. The predicted octanol–water partition coefficient (Wildman–Crippen LogP) is 3.51. The number of carbonyl (C=O) groups is 1. The van der Waals surface area contributed by atoms with Crippen molar-refractivity contribution in [3.8, 4) is 0 Å². The van der Waals surface area contributed by atoms with Gasteiger partial charge in [0.1, 0.15) is 0 Å². The first-order chi connectivity index (χ1) is 8.63. The highest BCUT2D eigenvalue weighted by atomic mass is 79.9. The fourth-order valence-corrected chi connectivity index (χ4v) is 2.91. The molecule has 0 saturated heterocycles. The molecule has 0 aromatic heterocycles. The van der Waals surface area contributed by atoms with Crippen LogP contribution in [-0.4, -0.2) is 29.4 Å². The Morgan fingerprint density at radius 1 is 1.50 bits per heavy atom. The van der Waals surface area contributed by atoms with Crippen LogP contribution in [0.5, 0.6) is 0 Å².